The number of allylic oxidation sites excluding steroid dienone is 1. The van der Waals surface area contributed by atoms with Crippen molar-refractivity contribution in [2.24, 2.45) is 10.7 Å². The van der Waals surface area contributed by atoms with E-state index in [-0.39, 0.29) is 0 Å². The highest BCUT2D eigenvalue weighted by atomic mass is 14.7. The van der Waals surface area contributed by atoms with E-state index in [2.05, 4.69) is 4.99 Å². The molecular weight excluding hydrogens is 100 g/mol. The summed E-state index contributed by atoms with van der Waals surface area (Å²) in [5.74, 6) is 0. The van der Waals surface area contributed by atoms with Crippen molar-refractivity contribution in [1.29, 1.82) is 0 Å². The molecule has 0 bridgehead atoms. The Morgan fingerprint density at radius 3 is 3.12 bits per heavy atom. The quantitative estimate of drug-likeness (QED) is 0.558. The van der Waals surface area contributed by atoms with Crippen molar-refractivity contribution in [1.82, 2.24) is 0 Å². The summed E-state index contributed by atoms with van der Waals surface area (Å²) in [5.41, 5.74) is 6.52. The molecule has 0 saturated heterocycles. The summed E-state index contributed by atoms with van der Waals surface area (Å²) in [7, 11) is 0. The normalized spacial score (nSPS) is 16.9. The molecule has 0 fully saturated rings. The lowest BCUT2D eigenvalue weighted by Crippen LogP contribution is -2.05. The molecule has 44 valence electrons. The predicted octanol–water partition coefficient (Wildman–Crippen LogP) is 0.694. The lowest BCUT2D eigenvalue weighted by Gasteiger charge is -1.91. The number of nitrogens with zero attached hydrogens (tertiary/aromatic N) is 1. The minimum absolute atomic E-state index is 0.723. The summed E-state index contributed by atoms with van der Waals surface area (Å²) in [6, 6.07) is 0. The molecule has 1 aliphatic heterocycles. The molecule has 0 spiro atoms. The molecule has 2 nitrogen and oxygen atoms in total. The summed E-state index contributed by atoms with van der Waals surface area (Å²) >= 11 is 0. The molecule has 0 aromatic rings. The molecule has 2 N–H and O–H groups in total. The summed E-state index contributed by atoms with van der Waals surface area (Å²) in [4.78, 5) is 4.08. The number of rotatable bonds is 2. The SMILES string of the molecule is NCCC1=NC=CC1. The van der Waals surface area contributed by atoms with Crippen LogP contribution < -0.4 is 5.73 Å². The summed E-state index contributed by atoms with van der Waals surface area (Å²) in [6.07, 6.45) is 5.85. The largest absolute Gasteiger partial charge is 0.330 e. The Morgan fingerprint density at radius 1 is 1.75 bits per heavy atom. The third-order valence-electron chi connectivity index (χ3n) is 1.15. The average Bonchev–Trinajstić information content (AvgIpc) is 2.19. The molecule has 0 aromatic carbocycles. The summed E-state index contributed by atoms with van der Waals surface area (Å²) in [5, 5.41) is 0. The molecule has 1 rings (SSSR count). The lowest BCUT2D eigenvalue weighted by atomic mass is 10.2. The maximum atomic E-state index is 5.30. The second-order valence-electron chi connectivity index (χ2n) is 1.82. The van der Waals surface area contributed by atoms with Crippen LogP contribution in [0.15, 0.2) is 17.3 Å². The van der Waals surface area contributed by atoms with E-state index >= 15 is 0 Å². The first-order valence-electron chi connectivity index (χ1n) is 2.84. The van der Waals surface area contributed by atoms with Gasteiger partial charge in [-0.1, -0.05) is 6.08 Å². The smallest absolute Gasteiger partial charge is 0.0231 e. The molecule has 0 unspecified atom stereocenters. The maximum Gasteiger partial charge on any atom is 0.0231 e. The van der Waals surface area contributed by atoms with Crippen LogP contribution in [-0.4, -0.2) is 12.3 Å². The first-order valence-corrected chi connectivity index (χ1v) is 2.84. The molecule has 0 amide bonds. The van der Waals surface area contributed by atoms with Crippen LogP contribution in [0.25, 0.3) is 0 Å². The molecule has 0 atom stereocenters. The van der Waals surface area contributed by atoms with E-state index < -0.39 is 0 Å². The number of aliphatic imine (C=N–C) groups is 1. The predicted molar refractivity (Wildman–Crippen MR) is 34.9 cm³/mol. The van der Waals surface area contributed by atoms with Gasteiger partial charge in [0.25, 0.3) is 0 Å². The van der Waals surface area contributed by atoms with E-state index in [4.69, 9.17) is 5.73 Å². The van der Waals surface area contributed by atoms with E-state index in [0.717, 1.165) is 19.4 Å². The van der Waals surface area contributed by atoms with Gasteiger partial charge < -0.3 is 5.73 Å². The van der Waals surface area contributed by atoms with Crippen molar-refractivity contribution in [2.45, 2.75) is 12.8 Å². The molecule has 2 heteroatoms. The molecule has 0 aromatic heterocycles. The number of hydrogen-bond acceptors (Lipinski definition) is 2. The summed E-state index contributed by atoms with van der Waals surface area (Å²) in [6.45, 7) is 0.723. The molecule has 0 aliphatic carbocycles. The number of hydrogen-bond donors (Lipinski definition) is 1. The van der Waals surface area contributed by atoms with Gasteiger partial charge in [-0.3, -0.25) is 4.99 Å². The monoisotopic (exact) mass is 110 g/mol. The highest BCUT2D eigenvalue weighted by Crippen LogP contribution is 2.01. The van der Waals surface area contributed by atoms with Crippen molar-refractivity contribution in [3.05, 3.63) is 12.3 Å². The van der Waals surface area contributed by atoms with Gasteiger partial charge in [0, 0.05) is 18.3 Å². The zero-order valence-electron chi connectivity index (χ0n) is 4.80. The third kappa shape index (κ3) is 1.17. The highest BCUT2D eigenvalue weighted by molar-refractivity contribution is 5.88. The maximum absolute atomic E-state index is 5.30. The van der Waals surface area contributed by atoms with Crippen LogP contribution in [-0.2, 0) is 0 Å². The summed E-state index contributed by atoms with van der Waals surface area (Å²) < 4.78 is 0. The standard InChI is InChI=1S/C6H10N2/c7-4-3-6-2-1-5-8-6/h1,5H,2-4,7H2. The third-order valence-corrected chi connectivity index (χ3v) is 1.15. The van der Waals surface area contributed by atoms with E-state index in [1.165, 1.54) is 5.71 Å². The molecule has 8 heavy (non-hydrogen) atoms. The van der Waals surface area contributed by atoms with Crippen LogP contribution >= 0.6 is 0 Å². The molecule has 1 heterocycles. The van der Waals surface area contributed by atoms with Gasteiger partial charge in [-0.05, 0) is 13.0 Å². The molecule has 0 saturated carbocycles. The zero-order valence-corrected chi connectivity index (χ0v) is 4.80. The van der Waals surface area contributed by atoms with Gasteiger partial charge in [0.15, 0.2) is 0 Å². The Hall–Kier alpha value is -0.630. The van der Waals surface area contributed by atoms with Crippen molar-refractivity contribution < 1.29 is 0 Å². The Morgan fingerprint density at radius 2 is 2.62 bits per heavy atom. The van der Waals surface area contributed by atoms with Crippen LogP contribution in [0.4, 0.5) is 0 Å². The van der Waals surface area contributed by atoms with Gasteiger partial charge in [-0.2, -0.15) is 0 Å². The van der Waals surface area contributed by atoms with E-state index in [9.17, 15) is 0 Å². The van der Waals surface area contributed by atoms with E-state index in [1.54, 1.807) is 0 Å². The van der Waals surface area contributed by atoms with Crippen molar-refractivity contribution in [3.63, 3.8) is 0 Å². The van der Waals surface area contributed by atoms with Crippen molar-refractivity contribution in [2.75, 3.05) is 6.54 Å². The highest BCUT2D eigenvalue weighted by Gasteiger charge is 1.97. The molecule has 1 aliphatic rings. The van der Waals surface area contributed by atoms with Crippen molar-refractivity contribution in [3.8, 4) is 0 Å². The second-order valence-corrected chi connectivity index (χ2v) is 1.82. The number of nitrogens with two attached hydrogens (primary N) is 1. The Kier molecular flexibility index (Phi) is 1.80. The first kappa shape index (κ1) is 5.51. The van der Waals surface area contributed by atoms with Gasteiger partial charge in [0.1, 0.15) is 0 Å². The minimum atomic E-state index is 0.723. The Balaban J connectivity index is 2.28. The van der Waals surface area contributed by atoms with Gasteiger partial charge in [0.2, 0.25) is 0 Å². The van der Waals surface area contributed by atoms with Gasteiger partial charge in [-0.15, -0.1) is 0 Å². The van der Waals surface area contributed by atoms with Crippen LogP contribution in [0.1, 0.15) is 12.8 Å². The van der Waals surface area contributed by atoms with Crippen LogP contribution in [0.3, 0.4) is 0 Å². The van der Waals surface area contributed by atoms with Gasteiger partial charge >= 0.3 is 0 Å². The van der Waals surface area contributed by atoms with Crippen LogP contribution in [0, 0.1) is 0 Å². The minimum Gasteiger partial charge on any atom is -0.330 e. The second kappa shape index (κ2) is 2.62. The van der Waals surface area contributed by atoms with Crippen LogP contribution in [0.2, 0.25) is 0 Å². The fourth-order valence-corrected chi connectivity index (χ4v) is 0.733. The Bertz CT molecular complexity index is 124. The average molecular weight is 110 g/mol. The fraction of sp³-hybridized carbons (Fsp3) is 0.500. The van der Waals surface area contributed by atoms with Gasteiger partial charge in [-0.25, -0.2) is 0 Å². The Labute approximate surface area is 49.1 Å². The first-order chi connectivity index (χ1) is 3.93. The molecular formula is C6H10N2. The fourth-order valence-electron chi connectivity index (χ4n) is 0.733. The zero-order chi connectivity index (χ0) is 5.82. The van der Waals surface area contributed by atoms with Crippen LogP contribution in [0.5, 0.6) is 0 Å². The topological polar surface area (TPSA) is 38.4 Å². The van der Waals surface area contributed by atoms with E-state index in [1.807, 2.05) is 12.3 Å². The van der Waals surface area contributed by atoms with E-state index in [0.29, 0.717) is 0 Å². The van der Waals surface area contributed by atoms with Gasteiger partial charge in [0.05, 0.1) is 0 Å². The molecule has 0 radical (unpaired) electrons. The van der Waals surface area contributed by atoms with Crippen molar-refractivity contribution >= 4 is 5.71 Å². The lowest BCUT2D eigenvalue weighted by molar-refractivity contribution is 1.03.